The van der Waals surface area contributed by atoms with E-state index in [0.29, 0.717) is 16.3 Å². The second-order valence-electron chi connectivity index (χ2n) is 9.17. The summed E-state index contributed by atoms with van der Waals surface area (Å²) in [5.74, 6) is -0.930. The fourth-order valence-corrected chi connectivity index (χ4v) is 5.18. The Morgan fingerprint density at radius 2 is 1.47 bits per heavy atom. The summed E-state index contributed by atoms with van der Waals surface area (Å²) >= 11 is 6.13. The van der Waals surface area contributed by atoms with Gasteiger partial charge in [-0.1, -0.05) is 35.9 Å². The molecule has 0 unspecified atom stereocenters. The van der Waals surface area contributed by atoms with Gasteiger partial charge in [0.05, 0.1) is 11.3 Å². The number of aromatic carboxylic acids is 1. The highest BCUT2D eigenvalue weighted by Gasteiger charge is 2.26. The monoisotopic (exact) mass is 500 g/mol. The first-order valence-electron chi connectivity index (χ1n) is 12.0. The number of hydrogen-bond donors (Lipinski definition) is 2. The molecular formula is C29H29ClN4O2. The Morgan fingerprint density at radius 3 is 2.08 bits per heavy atom. The Kier molecular flexibility index (Phi) is 6.37. The molecule has 2 heterocycles. The fourth-order valence-electron chi connectivity index (χ4n) is 5.06. The highest BCUT2D eigenvalue weighted by Crippen LogP contribution is 2.40. The van der Waals surface area contributed by atoms with Crippen LogP contribution < -0.4 is 15.5 Å². The van der Waals surface area contributed by atoms with Crippen LogP contribution in [-0.2, 0) is 7.05 Å². The minimum Gasteiger partial charge on any atom is -0.478 e. The van der Waals surface area contributed by atoms with E-state index in [2.05, 4.69) is 34.1 Å². The summed E-state index contributed by atoms with van der Waals surface area (Å²) in [5.41, 5.74) is 13.3. The maximum atomic E-state index is 12.4. The molecule has 1 aromatic heterocycles. The lowest BCUT2D eigenvalue weighted by Crippen LogP contribution is -2.46. The SMILES string of the molecule is Cc1c(C(=O)O)c(-c2cccc(N3CCN(c4ccc(N)cc4)CC3)c2)c(-c2ccc(Cl)cc2)n1C. The van der Waals surface area contributed by atoms with E-state index in [1.165, 1.54) is 5.69 Å². The van der Waals surface area contributed by atoms with Crippen LogP contribution in [0.2, 0.25) is 5.02 Å². The largest absolute Gasteiger partial charge is 0.478 e. The second kappa shape index (κ2) is 9.63. The van der Waals surface area contributed by atoms with E-state index in [0.717, 1.165) is 59.9 Å². The van der Waals surface area contributed by atoms with E-state index >= 15 is 0 Å². The molecule has 0 atom stereocenters. The lowest BCUT2D eigenvalue weighted by Gasteiger charge is -2.37. The van der Waals surface area contributed by atoms with Crippen molar-refractivity contribution in [2.24, 2.45) is 7.05 Å². The van der Waals surface area contributed by atoms with Gasteiger partial charge in [-0.25, -0.2) is 4.79 Å². The Hall–Kier alpha value is -3.90. The highest BCUT2D eigenvalue weighted by molar-refractivity contribution is 6.30. The van der Waals surface area contributed by atoms with Crippen LogP contribution in [0.1, 0.15) is 16.1 Å². The molecule has 0 spiro atoms. The molecule has 184 valence electrons. The van der Waals surface area contributed by atoms with Gasteiger partial charge in [-0.05, 0) is 66.6 Å². The molecule has 5 rings (SSSR count). The summed E-state index contributed by atoms with van der Waals surface area (Å²) in [6, 6.07) is 23.8. The number of nitrogens with two attached hydrogens (primary N) is 1. The number of rotatable bonds is 5. The average molecular weight is 501 g/mol. The van der Waals surface area contributed by atoms with Crippen molar-refractivity contribution in [2.75, 3.05) is 41.7 Å². The summed E-state index contributed by atoms with van der Waals surface area (Å²) in [4.78, 5) is 17.1. The first kappa shape index (κ1) is 23.8. The van der Waals surface area contributed by atoms with Gasteiger partial charge in [-0.2, -0.15) is 0 Å². The number of carboxylic acid groups (broad SMARTS) is 1. The van der Waals surface area contributed by atoms with Gasteiger partial charge in [0, 0.05) is 66.6 Å². The quantitative estimate of drug-likeness (QED) is 0.332. The molecule has 1 saturated heterocycles. The van der Waals surface area contributed by atoms with Crippen molar-refractivity contribution in [2.45, 2.75) is 6.92 Å². The molecule has 1 fully saturated rings. The maximum Gasteiger partial charge on any atom is 0.338 e. The van der Waals surface area contributed by atoms with Crippen molar-refractivity contribution in [3.63, 3.8) is 0 Å². The van der Waals surface area contributed by atoms with E-state index in [1.54, 1.807) is 0 Å². The Balaban J connectivity index is 1.49. The molecule has 4 aromatic rings. The van der Waals surface area contributed by atoms with E-state index in [9.17, 15) is 9.90 Å². The smallest absolute Gasteiger partial charge is 0.338 e. The van der Waals surface area contributed by atoms with Gasteiger partial charge >= 0.3 is 5.97 Å². The first-order chi connectivity index (χ1) is 17.3. The van der Waals surface area contributed by atoms with Crippen LogP contribution in [0.3, 0.4) is 0 Å². The fraction of sp³-hybridized carbons (Fsp3) is 0.207. The first-order valence-corrected chi connectivity index (χ1v) is 12.4. The molecule has 3 aromatic carbocycles. The van der Waals surface area contributed by atoms with E-state index in [4.69, 9.17) is 17.3 Å². The molecule has 1 aliphatic heterocycles. The molecule has 0 radical (unpaired) electrons. The van der Waals surface area contributed by atoms with Crippen molar-refractivity contribution >= 4 is 34.6 Å². The number of nitrogens with zero attached hydrogens (tertiary/aromatic N) is 3. The van der Waals surface area contributed by atoms with Crippen LogP contribution in [-0.4, -0.2) is 41.8 Å². The number of nitrogen functional groups attached to an aromatic ring is 1. The summed E-state index contributed by atoms with van der Waals surface area (Å²) in [5, 5.41) is 10.8. The number of anilines is 3. The van der Waals surface area contributed by atoms with Gasteiger partial charge in [0.2, 0.25) is 0 Å². The zero-order chi connectivity index (χ0) is 25.4. The summed E-state index contributed by atoms with van der Waals surface area (Å²) in [6.07, 6.45) is 0. The molecule has 36 heavy (non-hydrogen) atoms. The van der Waals surface area contributed by atoms with Gasteiger partial charge < -0.3 is 25.2 Å². The van der Waals surface area contributed by atoms with Crippen molar-refractivity contribution in [3.05, 3.63) is 89.1 Å². The van der Waals surface area contributed by atoms with E-state index in [-0.39, 0.29) is 0 Å². The Bertz CT molecular complexity index is 1400. The van der Waals surface area contributed by atoms with Crippen molar-refractivity contribution in [1.82, 2.24) is 4.57 Å². The van der Waals surface area contributed by atoms with Crippen molar-refractivity contribution in [1.29, 1.82) is 0 Å². The van der Waals surface area contributed by atoms with E-state index in [1.807, 2.05) is 67.1 Å². The van der Waals surface area contributed by atoms with Crippen LogP contribution in [0.15, 0.2) is 72.8 Å². The summed E-state index contributed by atoms with van der Waals surface area (Å²) in [7, 11) is 1.91. The second-order valence-corrected chi connectivity index (χ2v) is 9.61. The van der Waals surface area contributed by atoms with Gasteiger partial charge in [-0.15, -0.1) is 0 Å². The summed E-state index contributed by atoms with van der Waals surface area (Å²) in [6.45, 7) is 5.39. The normalized spacial score (nSPS) is 13.8. The molecular weight excluding hydrogens is 472 g/mol. The number of piperazine rings is 1. The molecule has 0 amide bonds. The third-order valence-corrected chi connectivity index (χ3v) is 7.31. The predicted octanol–water partition coefficient (Wildman–Crippen LogP) is 5.93. The molecule has 0 saturated carbocycles. The van der Waals surface area contributed by atoms with Crippen molar-refractivity contribution < 1.29 is 9.90 Å². The molecule has 7 heteroatoms. The topological polar surface area (TPSA) is 74.7 Å². The van der Waals surface area contributed by atoms with Crippen LogP contribution in [0.5, 0.6) is 0 Å². The molecule has 0 aliphatic carbocycles. The van der Waals surface area contributed by atoms with Crippen molar-refractivity contribution in [3.8, 4) is 22.4 Å². The number of hydrogen-bond acceptors (Lipinski definition) is 4. The van der Waals surface area contributed by atoms with Crippen LogP contribution in [0.4, 0.5) is 17.1 Å². The molecule has 0 bridgehead atoms. The van der Waals surface area contributed by atoms with Gasteiger partial charge in [0.15, 0.2) is 0 Å². The molecule has 3 N–H and O–H groups in total. The zero-order valence-corrected chi connectivity index (χ0v) is 21.2. The van der Waals surface area contributed by atoms with E-state index < -0.39 is 5.97 Å². The average Bonchev–Trinajstić information content (AvgIpc) is 3.16. The van der Waals surface area contributed by atoms with Crippen LogP contribution in [0, 0.1) is 6.92 Å². The number of benzene rings is 3. The summed E-state index contributed by atoms with van der Waals surface area (Å²) < 4.78 is 1.96. The number of carbonyl (C=O) groups is 1. The lowest BCUT2D eigenvalue weighted by molar-refractivity contribution is 0.0697. The zero-order valence-electron chi connectivity index (χ0n) is 20.4. The number of aromatic nitrogens is 1. The van der Waals surface area contributed by atoms with Gasteiger partial charge in [0.1, 0.15) is 0 Å². The van der Waals surface area contributed by atoms with Gasteiger partial charge in [0.25, 0.3) is 0 Å². The Morgan fingerprint density at radius 1 is 0.861 bits per heavy atom. The third-order valence-electron chi connectivity index (χ3n) is 7.06. The highest BCUT2D eigenvalue weighted by atomic mass is 35.5. The van der Waals surface area contributed by atoms with Crippen LogP contribution >= 0.6 is 11.6 Å². The maximum absolute atomic E-state index is 12.4. The standard InChI is InChI=1S/C29H29ClN4O2/c1-19-26(29(35)36)27(28(32(19)2)20-6-8-22(30)9-7-20)21-4-3-5-25(18-21)34-16-14-33(15-17-34)24-12-10-23(31)11-13-24/h3-13,18H,14-17,31H2,1-2H3,(H,35,36). The Labute approximate surface area is 216 Å². The predicted molar refractivity (Wildman–Crippen MR) is 148 cm³/mol. The number of carboxylic acids is 1. The van der Waals surface area contributed by atoms with Gasteiger partial charge in [-0.3, -0.25) is 0 Å². The lowest BCUT2D eigenvalue weighted by atomic mass is 9.96. The number of halogens is 1. The minimum atomic E-state index is -0.930. The third kappa shape index (κ3) is 4.40. The molecule has 1 aliphatic rings. The molecule has 6 nitrogen and oxygen atoms in total. The minimum absolute atomic E-state index is 0.327. The van der Waals surface area contributed by atoms with Crippen LogP contribution in [0.25, 0.3) is 22.4 Å².